The second-order valence-electron chi connectivity index (χ2n) is 13.5. The molecule has 248 valence electrons. The Morgan fingerprint density at radius 3 is 1.98 bits per heavy atom. The van der Waals surface area contributed by atoms with Crippen molar-refractivity contribution in [1.82, 2.24) is 20.3 Å². The molecule has 0 aromatic heterocycles. The number of carbonyl (C=O) groups excluding carboxylic acids is 3. The number of sulfonamides is 1. The molecule has 2 aromatic carbocycles. The Labute approximate surface area is 277 Å². The number of hydrogen-bond acceptors (Lipinski definition) is 6. The minimum atomic E-state index is -3.96. The Balaban J connectivity index is 2.29. The highest BCUT2D eigenvalue weighted by Crippen LogP contribution is 2.29. The van der Waals surface area contributed by atoms with Gasteiger partial charge in [-0.15, -0.1) is 0 Å². The SMILES string of the molecule is CN[C@H](C(=O)N[C@H](C(=O)N(C)[C@H](/C=C(\C)C(=O)NS(=O)(=O)Cc1ccc(Br)cc1)C(C)C)C(C)(C)C)C(C)(C)c1ccccc1. The van der Waals surface area contributed by atoms with Gasteiger partial charge in [-0.3, -0.25) is 14.4 Å². The predicted molar refractivity (Wildman–Crippen MR) is 184 cm³/mol. The Hall–Kier alpha value is -3.02. The van der Waals surface area contributed by atoms with E-state index in [4.69, 9.17) is 0 Å². The van der Waals surface area contributed by atoms with Crippen LogP contribution in [0.1, 0.15) is 66.5 Å². The predicted octanol–water partition coefficient (Wildman–Crippen LogP) is 4.92. The van der Waals surface area contributed by atoms with Gasteiger partial charge in [-0.05, 0) is 48.6 Å². The molecule has 0 unspecified atom stereocenters. The number of benzene rings is 2. The molecule has 2 aromatic rings. The molecule has 0 saturated carbocycles. The van der Waals surface area contributed by atoms with Crippen LogP contribution in [0.5, 0.6) is 0 Å². The highest BCUT2D eigenvalue weighted by atomic mass is 79.9. The third-order valence-corrected chi connectivity index (χ3v) is 9.70. The van der Waals surface area contributed by atoms with Crippen molar-refractivity contribution in [3.63, 3.8) is 0 Å². The van der Waals surface area contributed by atoms with E-state index in [9.17, 15) is 22.8 Å². The van der Waals surface area contributed by atoms with Gasteiger partial charge in [-0.1, -0.05) is 113 Å². The van der Waals surface area contributed by atoms with Crippen molar-refractivity contribution in [3.05, 3.63) is 81.8 Å². The maximum Gasteiger partial charge on any atom is 0.260 e. The molecule has 11 heteroatoms. The summed E-state index contributed by atoms with van der Waals surface area (Å²) in [5.74, 6) is -1.88. The lowest BCUT2D eigenvalue weighted by molar-refractivity contribution is -0.140. The Bertz CT molecular complexity index is 1470. The van der Waals surface area contributed by atoms with Gasteiger partial charge >= 0.3 is 0 Å². The molecule has 0 aliphatic heterocycles. The summed E-state index contributed by atoms with van der Waals surface area (Å²) in [6.45, 7) is 14.9. The second kappa shape index (κ2) is 15.5. The summed E-state index contributed by atoms with van der Waals surface area (Å²) in [6, 6.07) is 14.4. The summed E-state index contributed by atoms with van der Waals surface area (Å²) in [7, 11) is -0.607. The number of likely N-dealkylation sites (N-methyl/N-ethyl adjacent to an activating group) is 2. The standard InChI is InChI=1S/C34H49BrN4O5S/c1-22(2)27(20-23(3)30(40)38-45(43,44)21-24-16-18-26(35)19-17-24)39(10)32(42)29(33(4,5)6)37-31(41)28(36-9)34(7,8)25-14-12-11-13-15-25/h11-20,22,27-29,36H,21H2,1-10H3,(H,37,41)(H,38,40)/b23-20+/t27-,28-,29-/m1/s1. The van der Waals surface area contributed by atoms with Crippen molar-refractivity contribution < 1.29 is 22.8 Å². The Morgan fingerprint density at radius 2 is 1.49 bits per heavy atom. The lowest BCUT2D eigenvalue weighted by Crippen LogP contribution is -2.61. The molecular formula is C34H49BrN4O5S. The molecule has 0 radical (unpaired) electrons. The summed E-state index contributed by atoms with van der Waals surface area (Å²) >= 11 is 3.32. The van der Waals surface area contributed by atoms with Crippen molar-refractivity contribution in [3.8, 4) is 0 Å². The first-order chi connectivity index (χ1) is 20.7. The zero-order valence-corrected chi connectivity index (χ0v) is 30.5. The van der Waals surface area contributed by atoms with Crippen molar-refractivity contribution in [1.29, 1.82) is 0 Å². The van der Waals surface area contributed by atoms with E-state index in [2.05, 4.69) is 31.3 Å². The number of amides is 3. The first kappa shape index (κ1) is 38.2. The van der Waals surface area contributed by atoms with Crippen molar-refractivity contribution in [2.75, 3.05) is 14.1 Å². The van der Waals surface area contributed by atoms with Gasteiger partial charge in [0.05, 0.1) is 17.8 Å². The number of carbonyl (C=O) groups is 3. The minimum absolute atomic E-state index is 0.125. The van der Waals surface area contributed by atoms with Crippen molar-refractivity contribution in [2.45, 2.75) is 84.7 Å². The van der Waals surface area contributed by atoms with Crippen LogP contribution >= 0.6 is 15.9 Å². The van der Waals surface area contributed by atoms with Crippen LogP contribution in [0.25, 0.3) is 0 Å². The Kier molecular flexibility index (Phi) is 13.2. The molecule has 0 aliphatic rings. The fraction of sp³-hybridized carbons (Fsp3) is 0.500. The second-order valence-corrected chi connectivity index (χ2v) is 16.1. The summed E-state index contributed by atoms with van der Waals surface area (Å²) in [6.07, 6.45) is 1.60. The number of rotatable bonds is 13. The number of hydrogen-bond donors (Lipinski definition) is 3. The number of halogens is 1. The summed E-state index contributed by atoms with van der Waals surface area (Å²) < 4.78 is 28.4. The van der Waals surface area contributed by atoms with Gasteiger partial charge in [0.1, 0.15) is 6.04 Å². The van der Waals surface area contributed by atoms with E-state index in [1.165, 1.54) is 11.8 Å². The highest BCUT2D eigenvalue weighted by molar-refractivity contribution is 9.10. The minimum Gasteiger partial charge on any atom is -0.342 e. The molecule has 0 bridgehead atoms. The zero-order valence-electron chi connectivity index (χ0n) is 28.1. The van der Waals surface area contributed by atoms with Crippen LogP contribution in [0.3, 0.4) is 0 Å². The molecule has 45 heavy (non-hydrogen) atoms. The molecular weight excluding hydrogens is 656 g/mol. The van der Waals surface area contributed by atoms with E-state index in [1.807, 2.05) is 78.8 Å². The Morgan fingerprint density at radius 1 is 0.933 bits per heavy atom. The quantitative estimate of drug-likeness (QED) is 0.254. The molecule has 3 amide bonds. The van der Waals surface area contributed by atoms with E-state index < -0.39 is 44.9 Å². The van der Waals surface area contributed by atoms with Gasteiger partial charge in [0.25, 0.3) is 5.91 Å². The molecule has 0 heterocycles. The van der Waals surface area contributed by atoms with Gasteiger partial charge in [-0.2, -0.15) is 0 Å². The van der Waals surface area contributed by atoms with Gasteiger partial charge < -0.3 is 15.5 Å². The van der Waals surface area contributed by atoms with Crippen LogP contribution in [0.15, 0.2) is 70.7 Å². The summed E-state index contributed by atoms with van der Waals surface area (Å²) in [4.78, 5) is 42.3. The smallest absolute Gasteiger partial charge is 0.260 e. The highest BCUT2D eigenvalue weighted by Gasteiger charge is 2.41. The van der Waals surface area contributed by atoms with Crippen LogP contribution < -0.4 is 15.4 Å². The van der Waals surface area contributed by atoms with Crippen molar-refractivity contribution in [2.24, 2.45) is 11.3 Å². The molecule has 2 rings (SSSR count). The van der Waals surface area contributed by atoms with Crippen LogP contribution in [-0.2, 0) is 35.6 Å². The number of nitrogens with one attached hydrogen (secondary N) is 3. The van der Waals surface area contributed by atoms with Gasteiger partial charge in [-0.25, -0.2) is 13.1 Å². The molecule has 0 fully saturated rings. The largest absolute Gasteiger partial charge is 0.342 e. The maximum absolute atomic E-state index is 14.1. The van der Waals surface area contributed by atoms with Gasteiger partial charge in [0.2, 0.25) is 21.8 Å². The van der Waals surface area contributed by atoms with Crippen LogP contribution in [0.2, 0.25) is 0 Å². The first-order valence-electron chi connectivity index (χ1n) is 15.0. The van der Waals surface area contributed by atoms with E-state index >= 15 is 0 Å². The van der Waals surface area contributed by atoms with Gasteiger partial charge in [0, 0.05) is 22.5 Å². The molecule has 0 saturated heterocycles. The molecule has 9 nitrogen and oxygen atoms in total. The average Bonchev–Trinajstić information content (AvgIpc) is 2.94. The average molecular weight is 706 g/mol. The van der Waals surface area contributed by atoms with Crippen LogP contribution in [0, 0.1) is 11.3 Å². The van der Waals surface area contributed by atoms with Crippen molar-refractivity contribution >= 4 is 43.7 Å². The van der Waals surface area contributed by atoms with Crippen LogP contribution in [0.4, 0.5) is 0 Å². The fourth-order valence-electron chi connectivity index (χ4n) is 5.22. The summed E-state index contributed by atoms with van der Waals surface area (Å²) in [5, 5.41) is 6.16. The summed E-state index contributed by atoms with van der Waals surface area (Å²) in [5.41, 5.74) is 0.447. The van der Waals surface area contributed by atoms with Crippen LogP contribution in [-0.4, -0.2) is 63.3 Å². The lowest BCUT2D eigenvalue weighted by atomic mass is 9.76. The van der Waals surface area contributed by atoms with E-state index in [-0.39, 0.29) is 29.1 Å². The third-order valence-electron chi connectivity index (χ3n) is 7.96. The zero-order chi connectivity index (χ0) is 34.3. The molecule has 0 spiro atoms. The maximum atomic E-state index is 14.1. The molecule has 0 aliphatic carbocycles. The molecule has 3 N–H and O–H groups in total. The van der Waals surface area contributed by atoms with E-state index in [0.717, 1.165) is 10.0 Å². The fourth-order valence-corrected chi connectivity index (χ4v) is 6.63. The monoisotopic (exact) mass is 704 g/mol. The van der Waals surface area contributed by atoms with Gasteiger partial charge in [0.15, 0.2) is 0 Å². The van der Waals surface area contributed by atoms with E-state index in [1.54, 1.807) is 44.4 Å². The molecule has 3 atom stereocenters. The first-order valence-corrected chi connectivity index (χ1v) is 17.4. The number of nitrogens with zero attached hydrogens (tertiary/aromatic N) is 1. The topological polar surface area (TPSA) is 125 Å². The third kappa shape index (κ3) is 10.5. The lowest BCUT2D eigenvalue weighted by Gasteiger charge is -2.40. The normalized spacial score (nSPS) is 14.8. The van der Waals surface area contributed by atoms with E-state index in [0.29, 0.717) is 5.56 Å².